The zero-order valence-corrected chi connectivity index (χ0v) is 13.2. The van der Waals surface area contributed by atoms with Crippen LogP contribution in [0.15, 0.2) is 48.5 Å². The van der Waals surface area contributed by atoms with Gasteiger partial charge in [-0.15, -0.1) is 0 Å². The summed E-state index contributed by atoms with van der Waals surface area (Å²) in [6.07, 6.45) is 0. The first kappa shape index (κ1) is 16.0. The maximum absolute atomic E-state index is 11.3. The van der Waals surface area contributed by atoms with Crippen molar-refractivity contribution < 1.29 is 9.53 Å². The van der Waals surface area contributed by atoms with Gasteiger partial charge in [-0.2, -0.15) is 0 Å². The van der Waals surface area contributed by atoms with Crippen molar-refractivity contribution >= 4 is 5.91 Å². The van der Waals surface area contributed by atoms with Crippen LogP contribution < -0.4 is 15.8 Å². The van der Waals surface area contributed by atoms with Crippen molar-refractivity contribution in [1.82, 2.24) is 5.32 Å². The summed E-state index contributed by atoms with van der Waals surface area (Å²) in [6, 6.07) is 15.7. The van der Waals surface area contributed by atoms with Gasteiger partial charge in [-0.05, 0) is 50.6 Å². The Bertz CT molecular complexity index is 631. The van der Waals surface area contributed by atoms with Gasteiger partial charge in [-0.3, -0.25) is 10.1 Å². The molecule has 2 aromatic rings. The van der Waals surface area contributed by atoms with E-state index >= 15 is 0 Å². The minimum atomic E-state index is -0.725. The molecule has 0 bridgehead atoms. The molecule has 0 aliphatic heterocycles. The summed E-state index contributed by atoms with van der Waals surface area (Å²) >= 11 is 0. The molecule has 0 atom stereocenters. The third-order valence-corrected chi connectivity index (χ3v) is 3.53. The third-order valence-electron chi connectivity index (χ3n) is 3.53. The summed E-state index contributed by atoms with van der Waals surface area (Å²) in [6.45, 7) is 6.15. The van der Waals surface area contributed by atoms with Crippen LogP contribution in [0.5, 0.6) is 11.5 Å². The Balaban J connectivity index is 1.95. The zero-order chi connectivity index (χ0) is 16.2. The predicted molar refractivity (Wildman–Crippen MR) is 87.8 cm³/mol. The van der Waals surface area contributed by atoms with Crippen LogP contribution in [0.4, 0.5) is 0 Å². The third kappa shape index (κ3) is 4.33. The first-order valence-electron chi connectivity index (χ1n) is 7.25. The molecule has 0 aliphatic rings. The fourth-order valence-electron chi connectivity index (χ4n) is 1.83. The molecule has 0 fully saturated rings. The predicted octanol–water partition coefficient (Wildman–Crippen LogP) is 3.14. The maximum atomic E-state index is 11.3. The van der Waals surface area contributed by atoms with Crippen molar-refractivity contribution in [3.8, 4) is 11.5 Å². The van der Waals surface area contributed by atoms with Crippen molar-refractivity contribution in [2.24, 2.45) is 5.73 Å². The lowest BCUT2D eigenvalue weighted by molar-refractivity contribution is -0.123. The summed E-state index contributed by atoms with van der Waals surface area (Å²) < 4.78 is 5.78. The molecule has 0 aromatic heterocycles. The van der Waals surface area contributed by atoms with Gasteiger partial charge in [0.2, 0.25) is 5.91 Å². The van der Waals surface area contributed by atoms with Gasteiger partial charge in [0.25, 0.3) is 0 Å². The number of nitrogens with one attached hydrogen (secondary N) is 1. The zero-order valence-electron chi connectivity index (χ0n) is 13.2. The Kier molecular flexibility index (Phi) is 4.83. The van der Waals surface area contributed by atoms with E-state index in [9.17, 15) is 4.79 Å². The lowest BCUT2D eigenvalue weighted by Gasteiger charge is -2.22. The molecule has 0 radical (unpaired) electrons. The van der Waals surface area contributed by atoms with Crippen LogP contribution in [-0.4, -0.2) is 11.4 Å². The summed E-state index contributed by atoms with van der Waals surface area (Å²) in [5.74, 6) is 1.22. The number of aryl methyl sites for hydroxylation is 1. The van der Waals surface area contributed by atoms with Crippen LogP contribution in [0.2, 0.25) is 0 Å². The lowest BCUT2D eigenvalue weighted by atomic mass is 10.0. The standard InChI is InChI=1S/C18H22N2O2/c1-13-4-8-15(9-5-13)22-16-10-6-14(7-11-16)12-20-18(2,3)17(19)21/h4-11,20H,12H2,1-3H3,(H2,19,21). The Morgan fingerprint density at radius 3 is 2.05 bits per heavy atom. The summed E-state index contributed by atoms with van der Waals surface area (Å²) in [5.41, 5.74) is 6.87. The quantitative estimate of drug-likeness (QED) is 0.861. The molecule has 1 amide bonds. The molecule has 0 heterocycles. The van der Waals surface area contributed by atoms with Gasteiger partial charge >= 0.3 is 0 Å². The van der Waals surface area contributed by atoms with E-state index in [0.29, 0.717) is 6.54 Å². The van der Waals surface area contributed by atoms with E-state index in [1.54, 1.807) is 13.8 Å². The number of benzene rings is 2. The summed E-state index contributed by atoms with van der Waals surface area (Å²) in [7, 11) is 0. The van der Waals surface area contributed by atoms with Crippen molar-refractivity contribution in [1.29, 1.82) is 0 Å². The number of amides is 1. The number of primary amides is 1. The molecule has 2 rings (SSSR count). The van der Waals surface area contributed by atoms with Crippen molar-refractivity contribution in [3.63, 3.8) is 0 Å². The van der Waals surface area contributed by atoms with E-state index in [-0.39, 0.29) is 5.91 Å². The van der Waals surface area contributed by atoms with Gasteiger partial charge in [-0.1, -0.05) is 29.8 Å². The number of carbonyl (C=O) groups excluding carboxylic acids is 1. The van der Waals surface area contributed by atoms with E-state index < -0.39 is 5.54 Å². The van der Waals surface area contributed by atoms with Gasteiger partial charge in [0, 0.05) is 6.54 Å². The molecule has 4 heteroatoms. The first-order chi connectivity index (χ1) is 10.4. The van der Waals surface area contributed by atoms with Crippen LogP contribution in [0.1, 0.15) is 25.0 Å². The molecule has 3 N–H and O–H groups in total. The van der Waals surface area contributed by atoms with Crippen molar-refractivity contribution in [2.75, 3.05) is 0 Å². The second kappa shape index (κ2) is 6.62. The number of carbonyl (C=O) groups is 1. The number of hydrogen-bond donors (Lipinski definition) is 2. The first-order valence-corrected chi connectivity index (χ1v) is 7.25. The molecule has 0 spiro atoms. The Hall–Kier alpha value is -2.33. The van der Waals surface area contributed by atoms with Crippen molar-refractivity contribution in [2.45, 2.75) is 32.9 Å². The van der Waals surface area contributed by atoms with Crippen LogP contribution in [0, 0.1) is 6.92 Å². The Labute approximate surface area is 131 Å². The highest BCUT2D eigenvalue weighted by atomic mass is 16.5. The SMILES string of the molecule is Cc1ccc(Oc2ccc(CNC(C)(C)C(N)=O)cc2)cc1. The summed E-state index contributed by atoms with van der Waals surface area (Å²) in [5, 5.41) is 3.13. The minimum Gasteiger partial charge on any atom is -0.457 e. The van der Waals surface area contributed by atoms with E-state index in [1.165, 1.54) is 5.56 Å². The molecule has 4 nitrogen and oxygen atoms in total. The Morgan fingerprint density at radius 2 is 1.55 bits per heavy atom. The molecule has 116 valence electrons. The largest absolute Gasteiger partial charge is 0.457 e. The number of nitrogens with two attached hydrogens (primary N) is 1. The summed E-state index contributed by atoms with van der Waals surface area (Å²) in [4.78, 5) is 11.3. The normalized spacial score (nSPS) is 11.2. The van der Waals surface area contributed by atoms with E-state index in [2.05, 4.69) is 5.32 Å². The molecule has 0 unspecified atom stereocenters. The topological polar surface area (TPSA) is 64.3 Å². The number of ether oxygens (including phenoxy) is 1. The monoisotopic (exact) mass is 298 g/mol. The van der Waals surface area contributed by atoms with Crippen LogP contribution in [-0.2, 0) is 11.3 Å². The van der Waals surface area contributed by atoms with Gasteiger partial charge in [0.05, 0.1) is 5.54 Å². The average Bonchev–Trinajstić information content (AvgIpc) is 2.49. The van der Waals surface area contributed by atoms with E-state index in [1.807, 2.05) is 55.5 Å². The maximum Gasteiger partial charge on any atom is 0.237 e. The lowest BCUT2D eigenvalue weighted by Crippen LogP contribution is -2.50. The van der Waals surface area contributed by atoms with Gasteiger partial charge < -0.3 is 10.5 Å². The van der Waals surface area contributed by atoms with E-state index in [4.69, 9.17) is 10.5 Å². The minimum absolute atomic E-state index is 0.369. The van der Waals surface area contributed by atoms with E-state index in [0.717, 1.165) is 17.1 Å². The van der Waals surface area contributed by atoms with Gasteiger partial charge in [-0.25, -0.2) is 0 Å². The molecule has 22 heavy (non-hydrogen) atoms. The average molecular weight is 298 g/mol. The van der Waals surface area contributed by atoms with Gasteiger partial charge in [0.1, 0.15) is 11.5 Å². The molecule has 0 saturated heterocycles. The van der Waals surface area contributed by atoms with Crippen LogP contribution >= 0.6 is 0 Å². The Morgan fingerprint density at radius 1 is 1.05 bits per heavy atom. The highest BCUT2D eigenvalue weighted by Gasteiger charge is 2.23. The number of rotatable bonds is 6. The fourth-order valence-corrected chi connectivity index (χ4v) is 1.83. The molecule has 2 aromatic carbocycles. The van der Waals surface area contributed by atoms with Crippen LogP contribution in [0.3, 0.4) is 0 Å². The highest BCUT2D eigenvalue weighted by Crippen LogP contribution is 2.22. The van der Waals surface area contributed by atoms with Crippen LogP contribution in [0.25, 0.3) is 0 Å². The van der Waals surface area contributed by atoms with Gasteiger partial charge in [0.15, 0.2) is 0 Å². The molecular weight excluding hydrogens is 276 g/mol. The second-order valence-corrected chi connectivity index (χ2v) is 5.90. The van der Waals surface area contributed by atoms with Crippen molar-refractivity contribution in [3.05, 3.63) is 59.7 Å². The smallest absolute Gasteiger partial charge is 0.237 e. The molecular formula is C18H22N2O2. The second-order valence-electron chi connectivity index (χ2n) is 5.90. The number of hydrogen-bond acceptors (Lipinski definition) is 3. The fraction of sp³-hybridized carbons (Fsp3) is 0.278. The molecule has 0 aliphatic carbocycles. The highest BCUT2D eigenvalue weighted by molar-refractivity contribution is 5.83. The molecule has 0 saturated carbocycles.